The van der Waals surface area contributed by atoms with E-state index < -0.39 is 0 Å². The van der Waals surface area contributed by atoms with Gasteiger partial charge in [-0.1, -0.05) is 23.2 Å². The monoisotopic (exact) mass is 407 g/mol. The van der Waals surface area contributed by atoms with Crippen LogP contribution in [0.2, 0.25) is 10.0 Å². The molecule has 0 aliphatic carbocycles. The molecule has 1 heterocycles. The van der Waals surface area contributed by atoms with Crippen molar-refractivity contribution in [3.8, 4) is 0 Å². The number of hydrogen-bond acceptors (Lipinski definition) is 3. The Morgan fingerprint density at radius 1 is 1.24 bits per heavy atom. The second kappa shape index (κ2) is 10.9. The zero-order valence-electron chi connectivity index (χ0n) is 14.2. The maximum absolute atomic E-state index is 12.2. The molecule has 0 atom stereocenters. The van der Waals surface area contributed by atoms with E-state index in [0.29, 0.717) is 28.1 Å². The molecule has 140 valence electrons. The van der Waals surface area contributed by atoms with E-state index in [0.717, 1.165) is 32.4 Å². The first-order chi connectivity index (χ1) is 11.5. The summed E-state index contributed by atoms with van der Waals surface area (Å²) < 4.78 is 0. The number of nitrogens with zero attached hydrogens (tertiary/aromatic N) is 1. The predicted molar refractivity (Wildman–Crippen MR) is 105 cm³/mol. The van der Waals surface area contributed by atoms with Crippen molar-refractivity contribution in [2.45, 2.75) is 25.7 Å². The van der Waals surface area contributed by atoms with Gasteiger partial charge >= 0.3 is 0 Å². The normalized spacial score (nSPS) is 14.5. The summed E-state index contributed by atoms with van der Waals surface area (Å²) in [6.45, 7) is 2.08. The molecule has 2 N–H and O–H groups in total. The number of nitrogens with one attached hydrogen (secondary N) is 2. The smallest absolute Gasteiger partial charge is 0.243 e. The Morgan fingerprint density at radius 3 is 2.56 bits per heavy atom. The van der Waals surface area contributed by atoms with E-state index in [2.05, 4.69) is 10.6 Å². The van der Waals surface area contributed by atoms with Crippen molar-refractivity contribution in [3.63, 3.8) is 0 Å². The zero-order valence-corrected chi connectivity index (χ0v) is 16.5. The summed E-state index contributed by atoms with van der Waals surface area (Å²) in [5, 5.41) is 6.84. The number of carbonyl (C=O) groups is 2. The number of amides is 2. The van der Waals surface area contributed by atoms with Gasteiger partial charge < -0.3 is 15.5 Å². The zero-order chi connectivity index (χ0) is 17.5. The molecule has 0 radical (unpaired) electrons. The van der Waals surface area contributed by atoms with Crippen molar-refractivity contribution in [2.75, 3.05) is 32.0 Å². The third-order valence-electron chi connectivity index (χ3n) is 4.24. The third-order valence-corrected chi connectivity index (χ3v) is 4.97. The summed E-state index contributed by atoms with van der Waals surface area (Å²) in [6.07, 6.45) is 3.62. The van der Waals surface area contributed by atoms with Gasteiger partial charge in [0.05, 0.1) is 16.6 Å². The van der Waals surface area contributed by atoms with Crippen molar-refractivity contribution in [1.82, 2.24) is 10.2 Å². The Morgan fingerprint density at radius 2 is 1.92 bits per heavy atom. The summed E-state index contributed by atoms with van der Waals surface area (Å²) in [5.41, 5.74) is 0.560. The molecule has 25 heavy (non-hydrogen) atoms. The molecule has 1 aromatic carbocycles. The molecule has 1 aromatic rings. The number of likely N-dealkylation sites (N-methyl/N-ethyl adjacent to an activating group) is 1. The topological polar surface area (TPSA) is 61.4 Å². The van der Waals surface area contributed by atoms with Crippen LogP contribution in [0.3, 0.4) is 0 Å². The highest BCUT2D eigenvalue weighted by Gasteiger charge is 2.17. The highest BCUT2D eigenvalue weighted by atomic mass is 35.5. The van der Waals surface area contributed by atoms with Gasteiger partial charge in [0.25, 0.3) is 0 Å². The fourth-order valence-electron chi connectivity index (χ4n) is 2.77. The number of hydrogen-bond donors (Lipinski definition) is 2. The van der Waals surface area contributed by atoms with Crippen LogP contribution >= 0.6 is 35.6 Å². The lowest BCUT2D eigenvalue weighted by molar-refractivity contribution is -0.133. The second-order valence-electron chi connectivity index (χ2n) is 6.16. The average molecular weight is 409 g/mol. The minimum atomic E-state index is -0.258. The molecule has 2 rings (SSSR count). The standard InChI is InChI=1S/C17H23Cl2N3O2.ClH/c1-22(17(24)5-2-12-6-8-20-9-7-12)11-16(23)21-13-3-4-14(18)15(19)10-13;/h3-4,10,12,20H,2,5-9,11H2,1H3,(H,21,23);1H. The molecule has 1 fully saturated rings. The van der Waals surface area contributed by atoms with Crippen LogP contribution in [0.4, 0.5) is 5.69 Å². The summed E-state index contributed by atoms with van der Waals surface area (Å²) in [5.74, 6) is 0.345. The molecule has 8 heteroatoms. The van der Waals surface area contributed by atoms with Crippen LogP contribution in [-0.4, -0.2) is 43.4 Å². The minimum Gasteiger partial charge on any atom is -0.336 e. The number of anilines is 1. The lowest BCUT2D eigenvalue weighted by Crippen LogP contribution is -2.35. The first kappa shape index (κ1) is 22.0. The van der Waals surface area contributed by atoms with E-state index >= 15 is 0 Å². The Kier molecular flexibility index (Phi) is 9.57. The predicted octanol–water partition coefficient (Wildman–Crippen LogP) is 3.59. The highest BCUT2D eigenvalue weighted by molar-refractivity contribution is 6.42. The molecule has 5 nitrogen and oxygen atoms in total. The number of benzene rings is 1. The van der Waals surface area contributed by atoms with E-state index in [1.165, 1.54) is 4.90 Å². The van der Waals surface area contributed by atoms with Gasteiger partial charge in [0.2, 0.25) is 11.8 Å². The number of piperidine rings is 1. The van der Waals surface area contributed by atoms with Crippen LogP contribution < -0.4 is 10.6 Å². The van der Waals surface area contributed by atoms with E-state index in [-0.39, 0.29) is 30.8 Å². The van der Waals surface area contributed by atoms with Gasteiger partial charge in [0.15, 0.2) is 0 Å². The SMILES string of the molecule is CN(CC(=O)Nc1ccc(Cl)c(Cl)c1)C(=O)CCC1CCNCC1.Cl. The van der Waals surface area contributed by atoms with Crippen molar-refractivity contribution < 1.29 is 9.59 Å². The Balaban J connectivity index is 0.00000312. The van der Waals surface area contributed by atoms with E-state index in [9.17, 15) is 9.59 Å². The second-order valence-corrected chi connectivity index (χ2v) is 6.97. The van der Waals surface area contributed by atoms with Gasteiger partial charge in [-0.3, -0.25) is 9.59 Å². The Hall–Kier alpha value is -1.01. The molecule has 0 aromatic heterocycles. The number of carbonyl (C=O) groups excluding carboxylic acids is 2. The van der Waals surface area contributed by atoms with Gasteiger partial charge in [-0.05, 0) is 56.5 Å². The molecule has 0 spiro atoms. The van der Waals surface area contributed by atoms with E-state index in [4.69, 9.17) is 23.2 Å². The molecule has 1 aliphatic heterocycles. The van der Waals surface area contributed by atoms with Crippen LogP contribution in [0.5, 0.6) is 0 Å². The van der Waals surface area contributed by atoms with Crippen LogP contribution in [0.25, 0.3) is 0 Å². The van der Waals surface area contributed by atoms with Gasteiger partial charge in [-0.2, -0.15) is 0 Å². The van der Waals surface area contributed by atoms with Crippen LogP contribution in [-0.2, 0) is 9.59 Å². The highest BCUT2D eigenvalue weighted by Crippen LogP contribution is 2.25. The van der Waals surface area contributed by atoms with Crippen LogP contribution in [0.15, 0.2) is 18.2 Å². The molecule has 0 saturated carbocycles. The largest absolute Gasteiger partial charge is 0.336 e. The maximum Gasteiger partial charge on any atom is 0.243 e. The number of halogens is 3. The van der Waals surface area contributed by atoms with Crippen molar-refractivity contribution in [3.05, 3.63) is 28.2 Å². The molecular formula is C17H24Cl3N3O2. The quantitative estimate of drug-likeness (QED) is 0.756. The first-order valence-electron chi connectivity index (χ1n) is 8.15. The Bertz CT molecular complexity index is 593. The fraction of sp³-hybridized carbons (Fsp3) is 0.529. The fourth-order valence-corrected chi connectivity index (χ4v) is 3.06. The number of rotatable bonds is 6. The molecule has 0 bridgehead atoms. The van der Waals surface area contributed by atoms with Gasteiger partial charge in [0, 0.05) is 19.2 Å². The van der Waals surface area contributed by atoms with Crippen LogP contribution in [0, 0.1) is 5.92 Å². The van der Waals surface area contributed by atoms with Crippen molar-refractivity contribution >= 4 is 53.1 Å². The van der Waals surface area contributed by atoms with E-state index in [1.807, 2.05) is 0 Å². The van der Waals surface area contributed by atoms with Gasteiger partial charge in [0.1, 0.15) is 0 Å². The lowest BCUT2D eigenvalue weighted by atomic mass is 9.93. The lowest BCUT2D eigenvalue weighted by Gasteiger charge is -2.23. The first-order valence-corrected chi connectivity index (χ1v) is 8.91. The third kappa shape index (κ3) is 7.40. The van der Waals surface area contributed by atoms with Crippen molar-refractivity contribution in [1.29, 1.82) is 0 Å². The summed E-state index contributed by atoms with van der Waals surface area (Å²) in [4.78, 5) is 25.7. The molecule has 2 amide bonds. The van der Waals surface area contributed by atoms with Gasteiger partial charge in [-0.15, -0.1) is 12.4 Å². The van der Waals surface area contributed by atoms with Crippen LogP contribution in [0.1, 0.15) is 25.7 Å². The summed E-state index contributed by atoms with van der Waals surface area (Å²) >= 11 is 11.8. The molecule has 0 unspecified atom stereocenters. The van der Waals surface area contributed by atoms with E-state index in [1.54, 1.807) is 25.2 Å². The summed E-state index contributed by atoms with van der Waals surface area (Å²) in [7, 11) is 1.65. The maximum atomic E-state index is 12.2. The van der Waals surface area contributed by atoms with Gasteiger partial charge in [-0.25, -0.2) is 0 Å². The Labute approximate surface area is 164 Å². The van der Waals surface area contributed by atoms with Crippen molar-refractivity contribution in [2.24, 2.45) is 5.92 Å². The minimum absolute atomic E-state index is 0. The molecule has 1 saturated heterocycles. The molecule has 1 aliphatic rings. The molecular weight excluding hydrogens is 385 g/mol. The average Bonchev–Trinajstić information content (AvgIpc) is 2.56. The summed E-state index contributed by atoms with van der Waals surface area (Å²) in [6, 6.07) is 4.87.